The van der Waals surface area contributed by atoms with Crippen LogP contribution in [-0.2, 0) is 10.0 Å². The molecule has 36 heavy (non-hydrogen) atoms. The second kappa shape index (κ2) is 10.3. The first-order valence-electron chi connectivity index (χ1n) is 11.0. The Balaban J connectivity index is 1.81. The second-order valence-corrected chi connectivity index (χ2v) is 10.0. The van der Waals surface area contributed by atoms with Crippen LogP contribution < -0.4 is 14.2 Å². The van der Waals surface area contributed by atoms with Crippen LogP contribution in [0.3, 0.4) is 0 Å². The van der Waals surface area contributed by atoms with Crippen molar-refractivity contribution in [3.63, 3.8) is 0 Å². The first-order chi connectivity index (χ1) is 17.3. The van der Waals surface area contributed by atoms with Crippen LogP contribution in [0.5, 0.6) is 11.5 Å². The Kier molecular flexibility index (Phi) is 7.17. The maximum atomic E-state index is 13.3. The summed E-state index contributed by atoms with van der Waals surface area (Å²) in [7, 11) is -1.20. The predicted octanol–water partition coefficient (Wildman–Crippen LogP) is 2.91. The van der Waals surface area contributed by atoms with Crippen molar-refractivity contribution in [3.05, 3.63) is 72.3 Å². The topological polar surface area (TPSA) is 141 Å². The first-order valence-corrected chi connectivity index (χ1v) is 12.5. The van der Waals surface area contributed by atoms with Gasteiger partial charge in [0.15, 0.2) is 11.6 Å². The van der Waals surface area contributed by atoms with Crippen molar-refractivity contribution in [1.82, 2.24) is 24.7 Å². The Morgan fingerprint density at radius 3 is 2.14 bits per heavy atom. The summed E-state index contributed by atoms with van der Waals surface area (Å²) < 4.78 is 41.8. The van der Waals surface area contributed by atoms with E-state index in [2.05, 4.69) is 24.9 Å². The van der Waals surface area contributed by atoms with Gasteiger partial charge in [-0.25, -0.2) is 18.4 Å². The van der Waals surface area contributed by atoms with Crippen molar-refractivity contribution in [2.75, 3.05) is 18.9 Å². The van der Waals surface area contributed by atoms with Gasteiger partial charge in [0.25, 0.3) is 0 Å². The second-order valence-electron chi connectivity index (χ2n) is 7.98. The van der Waals surface area contributed by atoms with Gasteiger partial charge >= 0.3 is 0 Å². The average Bonchev–Trinajstić information content (AvgIpc) is 3.30. The van der Waals surface area contributed by atoms with Crippen LogP contribution in [0.25, 0.3) is 17.1 Å². The minimum absolute atomic E-state index is 0.00341. The number of aryl methyl sites for hydroxylation is 1. The zero-order chi connectivity index (χ0) is 25.9. The highest BCUT2D eigenvalue weighted by Crippen LogP contribution is 2.38. The lowest BCUT2D eigenvalue weighted by atomic mass is 10.2. The predicted molar refractivity (Wildman–Crippen MR) is 134 cm³/mol. The number of aliphatic hydroxyl groups excluding tert-OH is 1. The van der Waals surface area contributed by atoms with E-state index in [9.17, 15) is 13.5 Å². The van der Waals surface area contributed by atoms with E-state index < -0.39 is 21.4 Å². The van der Waals surface area contributed by atoms with E-state index >= 15 is 0 Å². The van der Waals surface area contributed by atoms with Crippen molar-refractivity contribution in [1.29, 1.82) is 0 Å². The number of aliphatic hydroxyl groups is 1. The molecular formula is C24H26N6O5S. The number of hydrogen-bond acceptors (Lipinski definition) is 9. The van der Waals surface area contributed by atoms with E-state index in [1.807, 2.05) is 30.3 Å². The lowest BCUT2D eigenvalue weighted by Gasteiger charge is -2.21. The van der Waals surface area contributed by atoms with Gasteiger partial charge in [-0.05, 0) is 31.5 Å². The molecule has 0 aliphatic carbocycles. The van der Waals surface area contributed by atoms with E-state index in [-0.39, 0.29) is 11.8 Å². The van der Waals surface area contributed by atoms with Gasteiger partial charge in [0.2, 0.25) is 16.0 Å². The Morgan fingerprint density at radius 1 is 0.944 bits per heavy atom. The molecule has 0 amide bonds. The van der Waals surface area contributed by atoms with Gasteiger partial charge in [-0.1, -0.05) is 36.4 Å². The fourth-order valence-electron chi connectivity index (χ4n) is 3.54. The molecule has 12 heteroatoms. The molecule has 0 saturated heterocycles. The minimum Gasteiger partial charge on any atom is -0.494 e. The third kappa shape index (κ3) is 4.86. The molecule has 188 valence electrons. The third-order valence-corrected chi connectivity index (χ3v) is 7.26. The van der Waals surface area contributed by atoms with Crippen molar-refractivity contribution in [2.24, 2.45) is 0 Å². The molecule has 11 nitrogen and oxygen atoms in total. The van der Waals surface area contributed by atoms with Crippen LogP contribution in [0.2, 0.25) is 0 Å². The normalized spacial score (nSPS) is 13.1. The molecule has 2 N–H and O–H groups in total. The van der Waals surface area contributed by atoms with Gasteiger partial charge < -0.3 is 14.6 Å². The number of anilines is 1. The van der Waals surface area contributed by atoms with Crippen LogP contribution in [0.15, 0.2) is 60.9 Å². The molecule has 0 spiro atoms. The van der Waals surface area contributed by atoms with E-state index in [0.29, 0.717) is 28.6 Å². The molecule has 0 aliphatic rings. The van der Waals surface area contributed by atoms with Gasteiger partial charge in [0.05, 0.1) is 14.2 Å². The molecule has 0 saturated carbocycles. The average molecular weight is 511 g/mol. The molecule has 2 aromatic carbocycles. The molecule has 2 aromatic heterocycles. The molecule has 4 aromatic rings. The molecule has 4 rings (SSSR count). The van der Waals surface area contributed by atoms with E-state index in [1.165, 1.54) is 38.1 Å². The maximum absolute atomic E-state index is 13.3. The molecule has 0 radical (unpaired) electrons. The highest BCUT2D eigenvalue weighted by atomic mass is 32.2. The fourth-order valence-corrected chi connectivity index (χ4v) is 4.58. The molecule has 2 heterocycles. The molecular weight excluding hydrogens is 484 g/mol. The van der Waals surface area contributed by atoms with Crippen molar-refractivity contribution >= 4 is 16.0 Å². The lowest BCUT2D eigenvalue weighted by Crippen LogP contribution is -2.32. The number of nitrogens with zero attached hydrogens (tertiary/aromatic N) is 5. The Labute approximate surface area is 208 Å². The van der Waals surface area contributed by atoms with Gasteiger partial charge in [0.1, 0.15) is 28.5 Å². The number of rotatable bonds is 9. The van der Waals surface area contributed by atoms with Gasteiger partial charge in [-0.2, -0.15) is 0 Å². The number of methoxy groups -OCH3 is 2. The van der Waals surface area contributed by atoms with Gasteiger partial charge in [-0.3, -0.25) is 9.29 Å². The molecule has 2 atom stereocenters. The summed E-state index contributed by atoms with van der Waals surface area (Å²) in [5, 5.41) is 17.8. The summed E-state index contributed by atoms with van der Waals surface area (Å²) in [6, 6.07) is 14.3. The highest BCUT2D eigenvalue weighted by Gasteiger charge is 2.33. The Morgan fingerprint density at radius 2 is 1.56 bits per heavy atom. The van der Waals surface area contributed by atoms with Crippen LogP contribution in [0, 0.1) is 6.92 Å². The summed E-state index contributed by atoms with van der Waals surface area (Å²) >= 11 is 0. The Hall–Kier alpha value is -4.03. The van der Waals surface area contributed by atoms with E-state index in [1.54, 1.807) is 25.1 Å². The van der Waals surface area contributed by atoms with Crippen molar-refractivity contribution in [2.45, 2.75) is 25.2 Å². The zero-order valence-electron chi connectivity index (χ0n) is 20.2. The standard InChI is InChI=1S/C24H26N6O5S/c1-15-13-25-22(26-14-15)21(31)16(2)36(32,33)29-24-28-27-23(17-9-6-5-7-10-17)30(24)20-18(34-3)11-8-12-19(20)35-4/h5-14,16,21,31H,1-4H3,(H,28,29)/t16-,21-/m0/s1. The lowest BCUT2D eigenvalue weighted by molar-refractivity contribution is 0.166. The maximum Gasteiger partial charge on any atom is 0.243 e. The highest BCUT2D eigenvalue weighted by molar-refractivity contribution is 7.93. The number of hydrogen-bond donors (Lipinski definition) is 2. The molecule has 0 fully saturated rings. The number of aromatic nitrogens is 5. The largest absolute Gasteiger partial charge is 0.494 e. The van der Waals surface area contributed by atoms with E-state index in [0.717, 1.165) is 5.56 Å². The SMILES string of the molecule is COc1cccc(OC)c1-n1c(NS(=O)(=O)[C@@H](C)[C@H](O)c2ncc(C)cn2)nnc1-c1ccccc1. The summed E-state index contributed by atoms with van der Waals surface area (Å²) in [4.78, 5) is 8.11. The fraction of sp³-hybridized carbons (Fsp3) is 0.250. The number of nitrogens with one attached hydrogen (secondary N) is 1. The molecule has 0 unspecified atom stereocenters. The van der Waals surface area contributed by atoms with Crippen LogP contribution in [0.1, 0.15) is 24.4 Å². The monoisotopic (exact) mass is 510 g/mol. The smallest absolute Gasteiger partial charge is 0.243 e. The summed E-state index contributed by atoms with van der Waals surface area (Å²) in [6.07, 6.45) is 1.54. The quantitative estimate of drug-likeness (QED) is 0.348. The van der Waals surface area contributed by atoms with Gasteiger partial charge in [-0.15, -0.1) is 10.2 Å². The molecule has 0 aliphatic heterocycles. The summed E-state index contributed by atoms with van der Waals surface area (Å²) in [6.45, 7) is 3.15. The number of ether oxygens (including phenoxy) is 2. The third-order valence-electron chi connectivity index (χ3n) is 5.55. The van der Waals surface area contributed by atoms with Crippen LogP contribution in [-0.4, -0.2) is 57.7 Å². The van der Waals surface area contributed by atoms with E-state index in [4.69, 9.17) is 9.47 Å². The van der Waals surface area contributed by atoms with Crippen LogP contribution >= 0.6 is 0 Å². The first kappa shape index (κ1) is 25.1. The summed E-state index contributed by atoms with van der Waals surface area (Å²) in [5.41, 5.74) is 1.87. The van der Waals surface area contributed by atoms with Crippen LogP contribution in [0.4, 0.5) is 5.95 Å². The summed E-state index contributed by atoms with van der Waals surface area (Å²) in [5.74, 6) is 1.06. The minimum atomic E-state index is -4.19. The van der Waals surface area contributed by atoms with Gasteiger partial charge in [0, 0.05) is 18.0 Å². The number of para-hydroxylation sites is 1. The molecule has 0 bridgehead atoms. The number of sulfonamides is 1. The zero-order valence-corrected chi connectivity index (χ0v) is 21.0. The van der Waals surface area contributed by atoms with Crippen molar-refractivity contribution in [3.8, 4) is 28.6 Å². The number of benzene rings is 2. The van der Waals surface area contributed by atoms with Crippen molar-refractivity contribution < 1.29 is 23.0 Å². The Bertz CT molecular complexity index is 1420.